The van der Waals surface area contributed by atoms with Crippen LogP contribution in [0, 0.1) is 13.8 Å². The van der Waals surface area contributed by atoms with Crippen molar-refractivity contribution in [3.05, 3.63) is 113 Å². The molecule has 0 fully saturated rings. The van der Waals surface area contributed by atoms with E-state index < -0.39 is 17.8 Å². The van der Waals surface area contributed by atoms with Gasteiger partial charge >= 0.3 is 6.03 Å². The van der Waals surface area contributed by atoms with Crippen molar-refractivity contribution in [1.29, 1.82) is 0 Å². The molecule has 0 saturated carbocycles. The third-order valence-electron chi connectivity index (χ3n) is 6.59. The molecule has 1 heterocycles. The summed E-state index contributed by atoms with van der Waals surface area (Å²) < 4.78 is 10.7. The van der Waals surface area contributed by atoms with Gasteiger partial charge in [-0.25, -0.2) is 9.69 Å². The van der Waals surface area contributed by atoms with Crippen molar-refractivity contribution < 1.29 is 23.9 Å². The summed E-state index contributed by atoms with van der Waals surface area (Å²) in [4.78, 5) is 42.3. The minimum Gasteiger partial charge on any atom is -0.497 e. The smallest absolute Gasteiger partial charge is 0.323 e. The fraction of sp³-hybridized carbons (Fsp3) is 0.121. The molecule has 4 amide bonds. The van der Waals surface area contributed by atoms with E-state index in [-0.39, 0.29) is 10.6 Å². The normalized spacial score (nSPS) is 12.8. The molecule has 0 unspecified atom stereocenters. The molecule has 3 N–H and O–H groups in total. The van der Waals surface area contributed by atoms with Crippen molar-refractivity contribution in [3.63, 3.8) is 0 Å². The molecule has 0 spiro atoms. The minimum absolute atomic E-state index is 0.133. The highest BCUT2D eigenvalue weighted by Crippen LogP contribution is 2.39. The van der Waals surface area contributed by atoms with Crippen LogP contribution in [-0.4, -0.2) is 32.1 Å². The lowest BCUT2D eigenvalue weighted by molar-refractivity contribution is -0.120. The van der Waals surface area contributed by atoms with Crippen molar-refractivity contribution in [1.82, 2.24) is 0 Å². The second kappa shape index (κ2) is 12.7. The molecular weight excluding hydrogens is 564 g/mol. The second-order valence-corrected chi connectivity index (χ2v) is 10.8. The number of benzene rings is 4. The molecule has 9 nitrogen and oxygen atoms in total. The summed E-state index contributed by atoms with van der Waals surface area (Å²) in [5, 5.41) is 8.76. The Kier molecular flexibility index (Phi) is 8.68. The van der Waals surface area contributed by atoms with E-state index in [4.69, 9.17) is 9.47 Å². The van der Waals surface area contributed by atoms with Crippen LogP contribution in [0.25, 0.3) is 0 Å². The fourth-order valence-electron chi connectivity index (χ4n) is 4.45. The number of imide groups is 1. The molecule has 0 radical (unpaired) electrons. The molecule has 0 aliphatic carbocycles. The number of nitrogens with zero attached hydrogens (tertiary/aromatic N) is 1. The van der Waals surface area contributed by atoms with Gasteiger partial charge < -0.3 is 25.4 Å². The lowest BCUT2D eigenvalue weighted by atomic mass is 10.2. The van der Waals surface area contributed by atoms with Crippen molar-refractivity contribution in [2.24, 2.45) is 0 Å². The number of ether oxygens (including phenoxy) is 2. The van der Waals surface area contributed by atoms with Crippen molar-refractivity contribution in [2.45, 2.75) is 18.7 Å². The number of amides is 4. The van der Waals surface area contributed by atoms with E-state index in [2.05, 4.69) is 16.0 Å². The minimum atomic E-state index is -0.480. The Labute approximate surface area is 253 Å². The van der Waals surface area contributed by atoms with E-state index in [1.807, 2.05) is 38.1 Å². The summed E-state index contributed by atoms with van der Waals surface area (Å²) in [6.07, 6.45) is 0. The first kappa shape index (κ1) is 29.3. The number of thioether (sulfide) groups is 1. The number of anilines is 4. The lowest BCUT2D eigenvalue weighted by Gasteiger charge is -2.16. The van der Waals surface area contributed by atoms with Gasteiger partial charge in [-0.2, -0.15) is 0 Å². The maximum Gasteiger partial charge on any atom is 0.323 e. The van der Waals surface area contributed by atoms with Gasteiger partial charge in [0.1, 0.15) is 22.1 Å². The Morgan fingerprint density at radius 2 is 1.42 bits per heavy atom. The largest absolute Gasteiger partial charge is 0.497 e. The molecule has 4 aromatic rings. The average molecular weight is 595 g/mol. The fourth-order valence-corrected chi connectivity index (χ4v) is 5.43. The molecule has 0 saturated heterocycles. The molecular formula is C33H30N4O5S. The molecule has 5 rings (SSSR count). The number of aryl methyl sites for hydroxylation is 2. The summed E-state index contributed by atoms with van der Waals surface area (Å²) in [7, 11) is 3.10. The third-order valence-corrected chi connectivity index (χ3v) is 7.66. The topological polar surface area (TPSA) is 109 Å². The summed E-state index contributed by atoms with van der Waals surface area (Å²) in [6, 6.07) is 26.4. The Balaban J connectivity index is 1.43. The van der Waals surface area contributed by atoms with Crippen LogP contribution in [0.3, 0.4) is 0 Å². The number of nitrogens with one attached hydrogen (secondary N) is 3. The van der Waals surface area contributed by atoms with E-state index >= 15 is 0 Å². The van der Waals surface area contributed by atoms with Gasteiger partial charge in [0.2, 0.25) is 0 Å². The van der Waals surface area contributed by atoms with Crippen LogP contribution in [-0.2, 0) is 9.59 Å². The summed E-state index contributed by atoms with van der Waals surface area (Å²) in [5.41, 5.74) is 4.20. The SMILES string of the molecule is COc1cccc(NC(=O)Nc2cccc(SC3=C(Nc4cc(C)ccc4OC)C(=O)N(c4ccc(C)cc4)C3=O)c2)c1. The highest BCUT2D eigenvalue weighted by molar-refractivity contribution is 8.04. The van der Waals surface area contributed by atoms with Crippen LogP contribution in [0.15, 0.2) is 106 Å². The van der Waals surface area contributed by atoms with Gasteiger partial charge in [-0.3, -0.25) is 9.59 Å². The molecule has 0 bridgehead atoms. The van der Waals surface area contributed by atoms with E-state index in [1.54, 1.807) is 80.9 Å². The Morgan fingerprint density at radius 1 is 0.744 bits per heavy atom. The van der Waals surface area contributed by atoms with Crippen LogP contribution in [0.1, 0.15) is 11.1 Å². The highest BCUT2D eigenvalue weighted by atomic mass is 32.2. The summed E-state index contributed by atoms with van der Waals surface area (Å²) >= 11 is 1.14. The van der Waals surface area contributed by atoms with Gasteiger partial charge in [-0.15, -0.1) is 0 Å². The van der Waals surface area contributed by atoms with Crippen LogP contribution in [0.2, 0.25) is 0 Å². The van der Waals surface area contributed by atoms with Crippen LogP contribution < -0.4 is 30.3 Å². The highest BCUT2D eigenvalue weighted by Gasteiger charge is 2.40. The Morgan fingerprint density at radius 3 is 2.12 bits per heavy atom. The van der Waals surface area contributed by atoms with Crippen LogP contribution >= 0.6 is 11.8 Å². The molecule has 218 valence electrons. The number of hydrogen-bond donors (Lipinski definition) is 3. The monoisotopic (exact) mass is 594 g/mol. The quantitative estimate of drug-likeness (QED) is 0.180. The number of rotatable bonds is 9. The standard InChI is InChI=1S/C33H30N4O5S/c1-20-11-14-24(15-12-20)37-31(38)29(36-27-17-21(2)13-16-28(27)42-4)30(32(37)39)43-26-10-6-8-23(19-26)35-33(40)34-22-7-5-9-25(18-22)41-3/h5-19,36H,1-4H3,(H2,34,35,40). The first-order valence-corrected chi connectivity index (χ1v) is 14.2. The molecule has 1 aliphatic heterocycles. The van der Waals surface area contributed by atoms with Crippen LogP contribution in [0.5, 0.6) is 11.5 Å². The molecule has 0 aromatic heterocycles. The zero-order chi connectivity index (χ0) is 30.5. The molecule has 4 aromatic carbocycles. The van der Waals surface area contributed by atoms with Crippen LogP contribution in [0.4, 0.5) is 27.5 Å². The predicted molar refractivity (Wildman–Crippen MR) is 170 cm³/mol. The number of methoxy groups -OCH3 is 2. The number of hydrogen-bond acceptors (Lipinski definition) is 7. The van der Waals surface area contributed by atoms with Gasteiger partial charge in [0.15, 0.2) is 0 Å². The molecule has 43 heavy (non-hydrogen) atoms. The van der Waals surface area contributed by atoms with Crippen molar-refractivity contribution in [2.75, 3.05) is 35.1 Å². The lowest BCUT2D eigenvalue weighted by Crippen LogP contribution is -2.32. The van der Waals surface area contributed by atoms with Gasteiger partial charge in [-0.1, -0.05) is 47.7 Å². The zero-order valence-corrected chi connectivity index (χ0v) is 24.9. The van der Waals surface area contributed by atoms with E-state index in [1.165, 1.54) is 0 Å². The zero-order valence-electron chi connectivity index (χ0n) is 24.1. The second-order valence-electron chi connectivity index (χ2n) is 9.76. The Hall–Kier alpha value is -5.22. The van der Waals surface area contributed by atoms with Gasteiger partial charge in [0, 0.05) is 22.3 Å². The first-order chi connectivity index (χ1) is 20.7. The average Bonchev–Trinajstić information content (AvgIpc) is 3.22. The maximum atomic E-state index is 13.8. The van der Waals surface area contributed by atoms with Crippen molar-refractivity contribution in [3.8, 4) is 11.5 Å². The molecule has 10 heteroatoms. The Bertz CT molecular complexity index is 1740. The van der Waals surface area contributed by atoms with E-state index in [0.717, 1.165) is 27.8 Å². The number of urea groups is 1. The maximum absolute atomic E-state index is 13.8. The van der Waals surface area contributed by atoms with E-state index in [9.17, 15) is 14.4 Å². The summed E-state index contributed by atoms with van der Waals surface area (Å²) in [6.45, 7) is 3.86. The molecule has 1 aliphatic rings. The number of carbonyl (C=O) groups is 3. The van der Waals surface area contributed by atoms with Gasteiger partial charge in [0.25, 0.3) is 11.8 Å². The van der Waals surface area contributed by atoms with Gasteiger partial charge in [-0.05, 0) is 74.0 Å². The summed E-state index contributed by atoms with van der Waals surface area (Å²) in [5.74, 6) is 0.214. The van der Waals surface area contributed by atoms with Crippen molar-refractivity contribution >= 4 is 52.4 Å². The number of carbonyl (C=O) groups excluding carboxylic acids is 3. The first-order valence-electron chi connectivity index (χ1n) is 13.4. The molecule has 0 atom stereocenters. The third kappa shape index (κ3) is 6.65. The van der Waals surface area contributed by atoms with Gasteiger partial charge in [0.05, 0.1) is 25.6 Å². The van der Waals surface area contributed by atoms with E-state index in [0.29, 0.717) is 39.1 Å². The predicted octanol–water partition coefficient (Wildman–Crippen LogP) is 6.95.